The Morgan fingerprint density at radius 3 is 2.79 bits per heavy atom. The van der Waals surface area contributed by atoms with Gasteiger partial charge in [0.2, 0.25) is 0 Å². The number of benzene rings is 1. The van der Waals surface area contributed by atoms with Gasteiger partial charge in [0.15, 0.2) is 6.10 Å². The average molecular weight is 334 g/mol. The summed E-state index contributed by atoms with van der Waals surface area (Å²) in [7, 11) is 0. The van der Waals surface area contributed by atoms with E-state index in [1.54, 1.807) is 0 Å². The highest BCUT2D eigenvalue weighted by Crippen LogP contribution is 2.29. The summed E-state index contributed by atoms with van der Waals surface area (Å²) in [6.07, 6.45) is 1.18. The fraction of sp³-hybridized carbons (Fsp3) is 0.611. The molecule has 0 radical (unpaired) electrons. The Labute approximate surface area is 142 Å². The molecular weight excluding hydrogens is 308 g/mol. The van der Waals surface area contributed by atoms with Crippen molar-refractivity contribution in [1.82, 2.24) is 10.6 Å². The first-order valence-corrected chi connectivity index (χ1v) is 8.73. The summed E-state index contributed by atoms with van der Waals surface area (Å²) in [6, 6.07) is 10.6. The lowest BCUT2D eigenvalue weighted by molar-refractivity contribution is 0.00402. The second kappa shape index (κ2) is 8.46. The highest BCUT2D eigenvalue weighted by atomic mass is 16.6. The molecule has 2 aliphatic heterocycles. The minimum Gasteiger partial charge on any atom is -0.441 e. The number of alkyl carbamates (subject to hydrolysis) is 1. The van der Waals surface area contributed by atoms with E-state index < -0.39 is 6.09 Å². The lowest BCUT2D eigenvalue weighted by atomic mass is 10.1. The zero-order valence-electron chi connectivity index (χ0n) is 14.1. The maximum absolute atomic E-state index is 11.6. The molecule has 4 atom stereocenters. The number of ether oxygens (including phenoxy) is 3. The Kier molecular flexibility index (Phi) is 6.07. The minimum absolute atomic E-state index is 0.0406. The van der Waals surface area contributed by atoms with Crippen LogP contribution >= 0.6 is 0 Å². The van der Waals surface area contributed by atoms with Crippen LogP contribution in [0.15, 0.2) is 30.3 Å². The van der Waals surface area contributed by atoms with Crippen LogP contribution in [0.25, 0.3) is 0 Å². The molecule has 0 aliphatic carbocycles. The molecule has 0 spiro atoms. The van der Waals surface area contributed by atoms with Crippen molar-refractivity contribution in [3.8, 4) is 0 Å². The van der Waals surface area contributed by atoms with Gasteiger partial charge in [0.05, 0.1) is 19.3 Å². The predicted octanol–water partition coefficient (Wildman–Crippen LogP) is 1.49. The monoisotopic (exact) mass is 334 g/mol. The summed E-state index contributed by atoms with van der Waals surface area (Å²) >= 11 is 0. The molecule has 2 fully saturated rings. The molecule has 2 aliphatic rings. The standard InChI is InChI=1S/C18H26N2O4/c1-2-19-18(21)24-15-12-23-16-14(11-22-17(15)16)20-10-6-9-13-7-4-3-5-8-13/h3-5,7-8,14-17,20H,2,6,9-12H2,1H3,(H,19,21)/t14-,15-,16-,17+/m0/s1. The van der Waals surface area contributed by atoms with Crippen molar-refractivity contribution in [2.45, 2.75) is 44.1 Å². The summed E-state index contributed by atoms with van der Waals surface area (Å²) in [5, 5.41) is 6.15. The van der Waals surface area contributed by atoms with Gasteiger partial charge in [-0.3, -0.25) is 0 Å². The van der Waals surface area contributed by atoms with Crippen molar-refractivity contribution < 1.29 is 19.0 Å². The highest BCUT2D eigenvalue weighted by Gasteiger charge is 2.49. The summed E-state index contributed by atoms with van der Waals surface area (Å²) in [4.78, 5) is 11.6. The van der Waals surface area contributed by atoms with Crippen LogP contribution in [0.2, 0.25) is 0 Å². The topological polar surface area (TPSA) is 68.8 Å². The third-order valence-electron chi connectivity index (χ3n) is 4.48. The maximum atomic E-state index is 11.6. The van der Waals surface area contributed by atoms with Crippen LogP contribution in [-0.2, 0) is 20.6 Å². The van der Waals surface area contributed by atoms with Gasteiger partial charge in [-0.2, -0.15) is 0 Å². The van der Waals surface area contributed by atoms with Crippen molar-refractivity contribution in [1.29, 1.82) is 0 Å². The van der Waals surface area contributed by atoms with E-state index in [4.69, 9.17) is 14.2 Å². The predicted molar refractivity (Wildman–Crippen MR) is 90.0 cm³/mol. The van der Waals surface area contributed by atoms with Gasteiger partial charge in [0.25, 0.3) is 0 Å². The van der Waals surface area contributed by atoms with Gasteiger partial charge in [-0.25, -0.2) is 4.79 Å². The molecule has 2 heterocycles. The van der Waals surface area contributed by atoms with Crippen molar-refractivity contribution in [3.63, 3.8) is 0 Å². The maximum Gasteiger partial charge on any atom is 0.407 e. The Balaban J connectivity index is 1.39. The summed E-state index contributed by atoms with van der Waals surface area (Å²) < 4.78 is 17.0. The van der Waals surface area contributed by atoms with Gasteiger partial charge in [0, 0.05) is 6.54 Å². The van der Waals surface area contributed by atoms with E-state index in [0.29, 0.717) is 19.8 Å². The lowest BCUT2D eigenvalue weighted by Crippen LogP contribution is -2.42. The largest absolute Gasteiger partial charge is 0.441 e. The molecule has 1 aromatic carbocycles. The first-order chi connectivity index (χ1) is 11.8. The van der Waals surface area contributed by atoms with E-state index >= 15 is 0 Å². The van der Waals surface area contributed by atoms with Crippen LogP contribution in [0.4, 0.5) is 4.79 Å². The van der Waals surface area contributed by atoms with Gasteiger partial charge >= 0.3 is 6.09 Å². The fourth-order valence-corrected chi connectivity index (χ4v) is 3.29. The number of aryl methyl sites for hydroxylation is 1. The van der Waals surface area contributed by atoms with Gasteiger partial charge in [-0.05, 0) is 31.9 Å². The molecule has 1 aromatic rings. The number of amides is 1. The minimum atomic E-state index is -0.408. The summed E-state index contributed by atoms with van der Waals surface area (Å²) in [6.45, 7) is 4.31. The second-order valence-corrected chi connectivity index (χ2v) is 6.22. The van der Waals surface area contributed by atoms with Gasteiger partial charge in [-0.1, -0.05) is 30.3 Å². The van der Waals surface area contributed by atoms with Gasteiger partial charge in [0.1, 0.15) is 12.2 Å². The third-order valence-corrected chi connectivity index (χ3v) is 4.48. The average Bonchev–Trinajstić information content (AvgIpc) is 3.16. The normalized spacial score (nSPS) is 28.5. The molecule has 3 rings (SSSR count). The molecule has 0 bridgehead atoms. The first-order valence-electron chi connectivity index (χ1n) is 8.73. The molecule has 0 aromatic heterocycles. The Hall–Kier alpha value is -1.63. The summed E-state index contributed by atoms with van der Waals surface area (Å²) in [5.41, 5.74) is 1.35. The van der Waals surface area contributed by atoms with E-state index in [-0.39, 0.29) is 24.4 Å². The van der Waals surface area contributed by atoms with E-state index in [9.17, 15) is 4.79 Å². The summed E-state index contributed by atoms with van der Waals surface area (Å²) in [5.74, 6) is 0. The first kappa shape index (κ1) is 17.2. The van der Waals surface area contributed by atoms with Gasteiger partial charge < -0.3 is 24.8 Å². The van der Waals surface area contributed by atoms with Crippen LogP contribution in [0, 0.1) is 0 Å². The molecule has 2 saturated heterocycles. The van der Waals surface area contributed by atoms with Crippen molar-refractivity contribution in [2.75, 3.05) is 26.3 Å². The number of carbonyl (C=O) groups excluding carboxylic acids is 1. The molecule has 0 unspecified atom stereocenters. The molecule has 24 heavy (non-hydrogen) atoms. The third kappa shape index (κ3) is 4.26. The molecule has 132 valence electrons. The van der Waals surface area contributed by atoms with Crippen LogP contribution in [-0.4, -0.2) is 56.8 Å². The Morgan fingerprint density at radius 1 is 1.21 bits per heavy atom. The fourth-order valence-electron chi connectivity index (χ4n) is 3.29. The van der Waals surface area contributed by atoms with Gasteiger partial charge in [-0.15, -0.1) is 0 Å². The Morgan fingerprint density at radius 2 is 2.00 bits per heavy atom. The zero-order chi connectivity index (χ0) is 16.8. The van der Waals surface area contributed by atoms with Crippen molar-refractivity contribution in [3.05, 3.63) is 35.9 Å². The number of hydrogen-bond acceptors (Lipinski definition) is 5. The van der Waals surface area contributed by atoms with Crippen molar-refractivity contribution >= 4 is 6.09 Å². The SMILES string of the molecule is CCNC(=O)O[C@H]1CO[C@@H]2[C@@H]1OC[C@@H]2NCCCc1ccccc1. The number of nitrogens with one attached hydrogen (secondary N) is 2. The van der Waals surface area contributed by atoms with Crippen molar-refractivity contribution in [2.24, 2.45) is 0 Å². The lowest BCUT2D eigenvalue weighted by Gasteiger charge is -2.18. The number of rotatable bonds is 7. The van der Waals surface area contributed by atoms with E-state index in [0.717, 1.165) is 19.4 Å². The molecular formula is C18H26N2O4. The highest BCUT2D eigenvalue weighted by molar-refractivity contribution is 5.67. The smallest absolute Gasteiger partial charge is 0.407 e. The molecule has 0 saturated carbocycles. The van der Waals surface area contributed by atoms with E-state index in [2.05, 4.69) is 34.9 Å². The molecule has 2 N–H and O–H groups in total. The van der Waals surface area contributed by atoms with Crippen LogP contribution in [0.3, 0.4) is 0 Å². The molecule has 6 heteroatoms. The number of hydrogen-bond donors (Lipinski definition) is 2. The quantitative estimate of drug-likeness (QED) is 0.740. The molecule has 1 amide bonds. The van der Waals surface area contributed by atoms with Crippen LogP contribution < -0.4 is 10.6 Å². The number of fused-ring (bicyclic) bond motifs is 1. The number of carbonyl (C=O) groups is 1. The van der Waals surface area contributed by atoms with Crippen LogP contribution in [0.1, 0.15) is 18.9 Å². The molecule has 6 nitrogen and oxygen atoms in total. The second-order valence-electron chi connectivity index (χ2n) is 6.22. The van der Waals surface area contributed by atoms with E-state index in [1.807, 2.05) is 13.0 Å². The van der Waals surface area contributed by atoms with Crippen LogP contribution in [0.5, 0.6) is 0 Å². The van der Waals surface area contributed by atoms with E-state index in [1.165, 1.54) is 5.56 Å². The zero-order valence-corrected chi connectivity index (χ0v) is 14.1. The Bertz CT molecular complexity index is 525.